The van der Waals surface area contributed by atoms with Crippen molar-refractivity contribution < 1.29 is 4.79 Å². The van der Waals surface area contributed by atoms with Crippen molar-refractivity contribution in [2.45, 2.75) is 82.7 Å². The van der Waals surface area contributed by atoms with Gasteiger partial charge in [-0.3, -0.25) is 9.48 Å². The smallest absolute Gasteiger partial charge is 0.274 e. The molecule has 5 nitrogen and oxygen atoms in total. The summed E-state index contributed by atoms with van der Waals surface area (Å²) in [6, 6.07) is 11.5. The highest BCUT2D eigenvalue weighted by Gasteiger charge is 2.37. The lowest BCUT2D eigenvalue weighted by atomic mass is 9.78. The van der Waals surface area contributed by atoms with Crippen LogP contribution in [-0.4, -0.2) is 46.3 Å². The standard InChI is InChI=1S/C26H36N4O/c1-2-30-23-13-12-21(18-22(23)24(28-30)25(31)29-16-8-9-17-29)27-19-26(14-6-7-15-26)20-10-4-3-5-11-20/h3-5,10-11,21,27H,2,6-9,12-19H2,1H3. The van der Waals surface area contributed by atoms with E-state index >= 15 is 0 Å². The minimum atomic E-state index is 0.151. The molecule has 1 aliphatic heterocycles. The summed E-state index contributed by atoms with van der Waals surface area (Å²) in [7, 11) is 0. The van der Waals surface area contributed by atoms with Gasteiger partial charge in [0.05, 0.1) is 0 Å². The molecule has 5 rings (SSSR count). The molecule has 1 aromatic carbocycles. The van der Waals surface area contributed by atoms with Crippen LogP contribution in [0.4, 0.5) is 0 Å². The van der Waals surface area contributed by atoms with E-state index in [0.29, 0.717) is 6.04 Å². The van der Waals surface area contributed by atoms with Crippen molar-refractivity contribution >= 4 is 5.91 Å². The third-order valence-electron chi connectivity index (χ3n) is 7.92. The molecular formula is C26H36N4O. The Hall–Kier alpha value is -2.14. The number of hydrogen-bond acceptors (Lipinski definition) is 3. The minimum Gasteiger partial charge on any atom is -0.337 e. The van der Waals surface area contributed by atoms with Gasteiger partial charge >= 0.3 is 0 Å². The molecule has 1 atom stereocenters. The monoisotopic (exact) mass is 420 g/mol. The molecule has 1 saturated heterocycles. The van der Waals surface area contributed by atoms with E-state index in [1.165, 1.54) is 42.5 Å². The van der Waals surface area contributed by atoms with Gasteiger partial charge in [0.15, 0.2) is 5.69 Å². The zero-order valence-corrected chi connectivity index (χ0v) is 18.9. The lowest BCUT2D eigenvalue weighted by Gasteiger charge is -2.33. The highest BCUT2D eigenvalue weighted by molar-refractivity contribution is 5.94. The van der Waals surface area contributed by atoms with Gasteiger partial charge in [-0.05, 0) is 57.4 Å². The SMILES string of the molecule is CCn1nc(C(=O)N2CCCC2)c2c1CCC(NCC1(c3ccccc3)CCCC1)C2. The van der Waals surface area contributed by atoms with Crippen LogP contribution in [0, 0.1) is 0 Å². The minimum absolute atomic E-state index is 0.151. The fourth-order valence-electron chi connectivity index (χ4n) is 6.12. The van der Waals surface area contributed by atoms with Crippen LogP contribution < -0.4 is 5.32 Å². The van der Waals surface area contributed by atoms with Crippen LogP contribution in [-0.2, 0) is 24.8 Å². The molecule has 1 aromatic heterocycles. The molecule has 2 heterocycles. The molecule has 1 unspecified atom stereocenters. The third kappa shape index (κ3) is 3.93. The highest BCUT2D eigenvalue weighted by Crippen LogP contribution is 2.41. The fraction of sp³-hybridized carbons (Fsp3) is 0.615. The Kier molecular flexibility index (Phi) is 5.87. The van der Waals surface area contributed by atoms with Crippen molar-refractivity contribution in [1.82, 2.24) is 20.0 Å². The Morgan fingerprint density at radius 1 is 1.13 bits per heavy atom. The molecule has 5 heteroatoms. The van der Waals surface area contributed by atoms with Crippen molar-refractivity contribution in [3.05, 3.63) is 52.8 Å². The molecule has 0 radical (unpaired) electrons. The normalized spacial score (nSPS) is 22.6. The fourth-order valence-corrected chi connectivity index (χ4v) is 6.12. The number of benzene rings is 1. The number of rotatable bonds is 6. The van der Waals surface area contributed by atoms with E-state index in [4.69, 9.17) is 5.10 Å². The lowest BCUT2D eigenvalue weighted by molar-refractivity contribution is 0.0785. The van der Waals surface area contributed by atoms with Gasteiger partial charge < -0.3 is 10.2 Å². The number of fused-ring (bicyclic) bond motifs is 1. The van der Waals surface area contributed by atoms with Gasteiger partial charge in [-0.15, -0.1) is 0 Å². The number of hydrogen-bond donors (Lipinski definition) is 1. The Balaban J connectivity index is 1.33. The highest BCUT2D eigenvalue weighted by atomic mass is 16.2. The Bertz CT molecular complexity index is 907. The van der Waals surface area contributed by atoms with Crippen molar-refractivity contribution in [1.29, 1.82) is 0 Å². The second kappa shape index (κ2) is 8.78. The Labute approximate surface area is 186 Å². The van der Waals surface area contributed by atoms with E-state index in [2.05, 4.69) is 47.3 Å². The summed E-state index contributed by atoms with van der Waals surface area (Å²) < 4.78 is 2.08. The summed E-state index contributed by atoms with van der Waals surface area (Å²) in [4.78, 5) is 15.2. The first kappa shape index (κ1) is 20.7. The maximum absolute atomic E-state index is 13.2. The predicted molar refractivity (Wildman–Crippen MR) is 123 cm³/mol. The Morgan fingerprint density at radius 2 is 1.87 bits per heavy atom. The summed E-state index contributed by atoms with van der Waals surface area (Å²) in [6.45, 7) is 5.77. The maximum Gasteiger partial charge on any atom is 0.274 e. The number of carbonyl (C=O) groups is 1. The molecule has 31 heavy (non-hydrogen) atoms. The van der Waals surface area contributed by atoms with E-state index < -0.39 is 0 Å². The van der Waals surface area contributed by atoms with Crippen molar-refractivity contribution in [3.8, 4) is 0 Å². The largest absolute Gasteiger partial charge is 0.337 e. The molecule has 2 aliphatic carbocycles. The number of likely N-dealkylation sites (tertiary alicyclic amines) is 1. The van der Waals surface area contributed by atoms with Gasteiger partial charge in [-0.25, -0.2) is 0 Å². The average molecular weight is 421 g/mol. The zero-order chi connectivity index (χ0) is 21.3. The van der Waals surface area contributed by atoms with Crippen LogP contribution in [0.25, 0.3) is 0 Å². The van der Waals surface area contributed by atoms with E-state index in [9.17, 15) is 4.79 Å². The molecule has 166 valence electrons. The molecule has 0 spiro atoms. The second-order valence-corrected chi connectivity index (χ2v) is 9.76. The number of carbonyl (C=O) groups excluding carboxylic acids is 1. The number of aryl methyl sites for hydroxylation is 1. The first-order valence-electron chi connectivity index (χ1n) is 12.4. The number of nitrogens with one attached hydrogen (secondary N) is 1. The van der Waals surface area contributed by atoms with E-state index in [1.807, 2.05) is 4.90 Å². The molecule has 0 bridgehead atoms. The first-order chi connectivity index (χ1) is 15.2. The molecule has 1 saturated carbocycles. The van der Waals surface area contributed by atoms with Crippen LogP contribution in [0.3, 0.4) is 0 Å². The van der Waals surface area contributed by atoms with Crippen LogP contribution in [0.2, 0.25) is 0 Å². The third-order valence-corrected chi connectivity index (χ3v) is 7.92. The molecule has 2 aromatic rings. The molecular weight excluding hydrogens is 384 g/mol. The molecule has 2 fully saturated rings. The maximum atomic E-state index is 13.2. The van der Waals surface area contributed by atoms with Gasteiger partial charge in [0, 0.05) is 48.9 Å². The van der Waals surface area contributed by atoms with E-state index in [-0.39, 0.29) is 11.3 Å². The van der Waals surface area contributed by atoms with Gasteiger partial charge in [0.25, 0.3) is 5.91 Å². The van der Waals surface area contributed by atoms with Crippen molar-refractivity contribution in [2.75, 3.05) is 19.6 Å². The number of aromatic nitrogens is 2. The van der Waals surface area contributed by atoms with Crippen LogP contribution in [0.1, 0.15) is 79.2 Å². The van der Waals surface area contributed by atoms with Gasteiger partial charge in [0.2, 0.25) is 0 Å². The van der Waals surface area contributed by atoms with Crippen LogP contribution >= 0.6 is 0 Å². The second-order valence-electron chi connectivity index (χ2n) is 9.76. The summed E-state index contributed by atoms with van der Waals surface area (Å²) in [5, 5.41) is 8.73. The Morgan fingerprint density at radius 3 is 2.58 bits per heavy atom. The molecule has 1 amide bonds. The number of nitrogens with zero attached hydrogens (tertiary/aromatic N) is 3. The van der Waals surface area contributed by atoms with Gasteiger partial charge in [-0.2, -0.15) is 5.10 Å². The molecule has 1 N–H and O–H groups in total. The summed E-state index contributed by atoms with van der Waals surface area (Å²) >= 11 is 0. The van der Waals surface area contributed by atoms with Crippen molar-refractivity contribution in [2.24, 2.45) is 0 Å². The predicted octanol–water partition coefficient (Wildman–Crippen LogP) is 4.10. The first-order valence-corrected chi connectivity index (χ1v) is 12.4. The van der Waals surface area contributed by atoms with Crippen LogP contribution in [0.5, 0.6) is 0 Å². The number of amides is 1. The topological polar surface area (TPSA) is 50.2 Å². The average Bonchev–Trinajstić information content (AvgIpc) is 3.58. The summed E-state index contributed by atoms with van der Waals surface area (Å²) in [5.41, 5.74) is 4.98. The van der Waals surface area contributed by atoms with Gasteiger partial charge in [-0.1, -0.05) is 43.2 Å². The van der Waals surface area contributed by atoms with Crippen LogP contribution in [0.15, 0.2) is 30.3 Å². The lowest BCUT2D eigenvalue weighted by Crippen LogP contribution is -2.43. The quantitative estimate of drug-likeness (QED) is 0.766. The summed E-state index contributed by atoms with van der Waals surface area (Å²) in [5.74, 6) is 0.151. The summed E-state index contributed by atoms with van der Waals surface area (Å²) in [6.07, 6.45) is 10.5. The van der Waals surface area contributed by atoms with Gasteiger partial charge in [0.1, 0.15) is 0 Å². The van der Waals surface area contributed by atoms with E-state index in [1.54, 1.807) is 0 Å². The molecule has 3 aliphatic rings. The van der Waals surface area contributed by atoms with Crippen molar-refractivity contribution in [3.63, 3.8) is 0 Å². The zero-order valence-electron chi connectivity index (χ0n) is 18.9. The van der Waals surface area contributed by atoms with E-state index in [0.717, 1.165) is 64.0 Å².